The molecule has 0 spiro atoms. The lowest BCUT2D eigenvalue weighted by Gasteiger charge is -2.11. The van der Waals surface area contributed by atoms with Gasteiger partial charge in [0, 0.05) is 32.9 Å². The number of aromatic nitrogens is 2. The van der Waals surface area contributed by atoms with Crippen LogP contribution in [0, 0.1) is 11.3 Å². The van der Waals surface area contributed by atoms with Crippen LogP contribution in [0.3, 0.4) is 0 Å². The Morgan fingerprint density at radius 2 is 0.891 bits per heavy atom. The van der Waals surface area contributed by atoms with Gasteiger partial charge >= 0.3 is 0 Å². The van der Waals surface area contributed by atoms with Gasteiger partial charge in [0.25, 0.3) is 0 Å². The maximum atomic E-state index is 9.79. The second kappa shape index (κ2) is 10.4. The van der Waals surface area contributed by atoms with Crippen LogP contribution in [0.1, 0.15) is 5.56 Å². The minimum atomic E-state index is 0.649. The highest BCUT2D eigenvalue weighted by Crippen LogP contribution is 2.39. The summed E-state index contributed by atoms with van der Waals surface area (Å²) < 4.78 is 4.64. The fraction of sp³-hybridized carbons (Fsp3) is 0. The van der Waals surface area contributed by atoms with Crippen molar-refractivity contribution in [2.75, 3.05) is 0 Å². The minimum Gasteiger partial charge on any atom is -0.309 e. The number of nitriles is 1. The van der Waals surface area contributed by atoms with E-state index in [1.54, 1.807) is 0 Å². The quantitative estimate of drug-likeness (QED) is 0.202. The first-order valence-electron chi connectivity index (χ1n) is 15.5. The van der Waals surface area contributed by atoms with Crippen LogP contribution in [0.25, 0.3) is 77.2 Å². The van der Waals surface area contributed by atoms with Crippen LogP contribution in [0.15, 0.2) is 164 Å². The Balaban J connectivity index is 1.25. The summed E-state index contributed by atoms with van der Waals surface area (Å²) in [5.74, 6) is 0. The lowest BCUT2D eigenvalue weighted by molar-refractivity contribution is 1.18. The van der Waals surface area contributed by atoms with Crippen LogP contribution in [-0.4, -0.2) is 9.13 Å². The van der Waals surface area contributed by atoms with Crippen molar-refractivity contribution in [3.63, 3.8) is 0 Å². The summed E-state index contributed by atoms with van der Waals surface area (Å²) in [7, 11) is 0. The highest BCUT2D eigenvalue weighted by molar-refractivity contribution is 6.13. The number of hydrogen-bond donors (Lipinski definition) is 0. The van der Waals surface area contributed by atoms with E-state index in [0.29, 0.717) is 5.56 Å². The predicted molar refractivity (Wildman–Crippen MR) is 191 cm³/mol. The highest BCUT2D eigenvalue weighted by atomic mass is 15.0. The Bertz CT molecular complexity index is 2630. The number of nitrogens with zero attached hydrogens (tertiary/aromatic N) is 3. The van der Waals surface area contributed by atoms with Crippen LogP contribution in [0.4, 0.5) is 0 Å². The zero-order valence-electron chi connectivity index (χ0n) is 24.9. The maximum absolute atomic E-state index is 9.79. The van der Waals surface area contributed by atoms with Crippen molar-refractivity contribution >= 4 is 43.6 Å². The molecule has 0 aliphatic rings. The predicted octanol–water partition coefficient (Wildman–Crippen LogP) is 11.1. The van der Waals surface area contributed by atoms with E-state index in [0.717, 1.165) is 44.3 Å². The lowest BCUT2D eigenvalue weighted by atomic mass is 10.0. The minimum absolute atomic E-state index is 0.649. The van der Waals surface area contributed by atoms with E-state index in [4.69, 9.17) is 0 Å². The van der Waals surface area contributed by atoms with E-state index in [9.17, 15) is 5.26 Å². The number of hydrogen-bond acceptors (Lipinski definition) is 1. The molecule has 0 unspecified atom stereocenters. The topological polar surface area (TPSA) is 33.6 Å². The molecular formula is C43H27N3. The third-order valence-corrected chi connectivity index (χ3v) is 9.13. The molecule has 214 valence electrons. The summed E-state index contributed by atoms with van der Waals surface area (Å²) in [6, 6.07) is 60.2. The zero-order chi connectivity index (χ0) is 30.6. The van der Waals surface area contributed by atoms with Crippen LogP contribution >= 0.6 is 0 Å². The molecular weight excluding hydrogens is 558 g/mol. The molecule has 0 aliphatic carbocycles. The number of benzene rings is 7. The average Bonchev–Trinajstić information content (AvgIpc) is 3.64. The summed E-state index contributed by atoms with van der Waals surface area (Å²) in [6.07, 6.45) is 0. The summed E-state index contributed by atoms with van der Waals surface area (Å²) in [5, 5.41) is 14.6. The number of fused-ring (bicyclic) bond motifs is 6. The first-order valence-corrected chi connectivity index (χ1v) is 15.5. The first-order chi connectivity index (χ1) is 22.8. The molecule has 0 N–H and O–H groups in total. The SMILES string of the molecule is N#Cc1ccc2c3cc(-c4ccc5c(c4)c4ccccc4n5-c4ccccc4)ccc3n(-c3cccc(-c4ccccc4)c3)c2c1. The molecule has 0 saturated carbocycles. The summed E-state index contributed by atoms with van der Waals surface area (Å²) in [6.45, 7) is 0. The van der Waals surface area contributed by atoms with Crippen LogP contribution < -0.4 is 0 Å². The molecule has 7 aromatic carbocycles. The fourth-order valence-corrected chi connectivity index (χ4v) is 7.01. The van der Waals surface area contributed by atoms with Crippen molar-refractivity contribution in [1.29, 1.82) is 5.26 Å². The molecule has 9 rings (SSSR count). The molecule has 3 heteroatoms. The van der Waals surface area contributed by atoms with Crippen molar-refractivity contribution in [1.82, 2.24) is 9.13 Å². The highest BCUT2D eigenvalue weighted by Gasteiger charge is 2.17. The van der Waals surface area contributed by atoms with E-state index >= 15 is 0 Å². The van der Waals surface area contributed by atoms with Crippen molar-refractivity contribution in [2.45, 2.75) is 0 Å². The van der Waals surface area contributed by atoms with Crippen molar-refractivity contribution < 1.29 is 0 Å². The molecule has 46 heavy (non-hydrogen) atoms. The van der Waals surface area contributed by atoms with Gasteiger partial charge in [0.2, 0.25) is 0 Å². The Morgan fingerprint density at radius 3 is 1.61 bits per heavy atom. The van der Waals surface area contributed by atoms with Gasteiger partial charge in [0.15, 0.2) is 0 Å². The van der Waals surface area contributed by atoms with Gasteiger partial charge in [0.1, 0.15) is 0 Å². The van der Waals surface area contributed by atoms with Crippen molar-refractivity contribution in [3.8, 4) is 39.7 Å². The number of rotatable bonds is 4. The molecule has 2 aromatic heterocycles. The summed E-state index contributed by atoms with van der Waals surface area (Å²) >= 11 is 0. The van der Waals surface area contributed by atoms with Crippen molar-refractivity contribution in [3.05, 3.63) is 169 Å². The molecule has 3 nitrogen and oxygen atoms in total. The largest absolute Gasteiger partial charge is 0.309 e. The van der Waals surface area contributed by atoms with Gasteiger partial charge in [-0.15, -0.1) is 0 Å². The van der Waals surface area contributed by atoms with E-state index in [1.165, 1.54) is 32.9 Å². The smallest absolute Gasteiger partial charge is 0.0992 e. The van der Waals surface area contributed by atoms with E-state index in [-0.39, 0.29) is 0 Å². The zero-order valence-corrected chi connectivity index (χ0v) is 24.9. The Morgan fingerprint density at radius 1 is 0.348 bits per heavy atom. The van der Waals surface area contributed by atoms with E-state index in [1.807, 2.05) is 18.2 Å². The van der Waals surface area contributed by atoms with Gasteiger partial charge < -0.3 is 9.13 Å². The van der Waals surface area contributed by atoms with E-state index in [2.05, 4.69) is 161 Å². The molecule has 0 radical (unpaired) electrons. The van der Waals surface area contributed by atoms with Gasteiger partial charge in [-0.25, -0.2) is 0 Å². The van der Waals surface area contributed by atoms with Crippen LogP contribution in [0.2, 0.25) is 0 Å². The van der Waals surface area contributed by atoms with E-state index < -0.39 is 0 Å². The molecule has 9 aromatic rings. The molecule has 0 bridgehead atoms. The molecule has 0 atom stereocenters. The van der Waals surface area contributed by atoms with Gasteiger partial charge in [-0.2, -0.15) is 5.26 Å². The monoisotopic (exact) mass is 585 g/mol. The second-order valence-electron chi connectivity index (χ2n) is 11.7. The molecule has 2 heterocycles. The number of para-hydroxylation sites is 2. The van der Waals surface area contributed by atoms with Gasteiger partial charge in [-0.05, 0) is 89.0 Å². The standard InChI is InChI=1S/C43H27N3/c44-28-29-18-21-37-39-27-33(20-23-42(39)46(43(37)24-29)35-15-9-12-31(25-35)30-10-3-1-4-11-30)32-19-22-41-38(26-32)36-16-7-8-17-40(36)45(41)34-13-5-2-6-14-34/h1-27H. The summed E-state index contributed by atoms with van der Waals surface area (Å²) in [5.41, 5.74) is 12.1. The van der Waals surface area contributed by atoms with Gasteiger partial charge in [-0.3, -0.25) is 0 Å². The van der Waals surface area contributed by atoms with Gasteiger partial charge in [-0.1, -0.05) is 97.1 Å². The third-order valence-electron chi connectivity index (χ3n) is 9.13. The summed E-state index contributed by atoms with van der Waals surface area (Å²) in [4.78, 5) is 0. The van der Waals surface area contributed by atoms with Crippen molar-refractivity contribution in [2.24, 2.45) is 0 Å². The maximum Gasteiger partial charge on any atom is 0.0992 e. The average molecular weight is 586 g/mol. The molecule has 0 fully saturated rings. The molecule has 0 aliphatic heterocycles. The third kappa shape index (κ3) is 4.05. The first kappa shape index (κ1) is 26.1. The fourth-order valence-electron chi connectivity index (χ4n) is 7.01. The van der Waals surface area contributed by atoms with Crippen LogP contribution in [-0.2, 0) is 0 Å². The molecule has 0 saturated heterocycles. The Hall–Kier alpha value is -6.37. The normalized spacial score (nSPS) is 11.5. The lowest BCUT2D eigenvalue weighted by Crippen LogP contribution is -1.94. The van der Waals surface area contributed by atoms with Crippen LogP contribution in [0.5, 0.6) is 0 Å². The second-order valence-corrected chi connectivity index (χ2v) is 11.7. The molecule has 0 amide bonds. The Kier molecular flexibility index (Phi) is 5.88. The van der Waals surface area contributed by atoms with Gasteiger partial charge in [0.05, 0.1) is 33.7 Å². The Labute approximate surface area is 266 Å².